The van der Waals surface area contributed by atoms with Gasteiger partial charge in [-0.25, -0.2) is 0 Å². The van der Waals surface area contributed by atoms with E-state index in [2.05, 4.69) is 24.1 Å². The summed E-state index contributed by atoms with van der Waals surface area (Å²) in [7, 11) is 2.01. The van der Waals surface area contributed by atoms with Crippen LogP contribution in [0, 0.1) is 11.3 Å². The van der Waals surface area contributed by atoms with E-state index in [4.69, 9.17) is 0 Å². The summed E-state index contributed by atoms with van der Waals surface area (Å²) in [5.74, 6) is 0.804. The van der Waals surface area contributed by atoms with E-state index in [1.54, 1.807) is 0 Å². The minimum Gasteiger partial charge on any atom is -0.342 e. The van der Waals surface area contributed by atoms with Gasteiger partial charge in [0.25, 0.3) is 0 Å². The molecule has 98 valence electrons. The van der Waals surface area contributed by atoms with Gasteiger partial charge < -0.3 is 10.2 Å². The van der Waals surface area contributed by atoms with Crippen LogP contribution in [0.25, 0.3) is 0 Å². The van der Waals surface area contributed by atoms with E-state index < -0.39 is 0 Å². The fourth-order valence-electron chi connectivity index (χ4n) is 3.44. The molecule has 1 heterocycles. The first-order chi connectivity index (χ1) is 8.08. The predicted octanol–water partition coefficient (Wildman–Crippen LogP) is 2.02. The van der Waals surface area contributed by atoms with Gasteiger partial charge in [-0.05, 0) is 31.7 Å². The van der Waals surface area contributed by atoms with E-state index >= 15 is 0 Å². The molecule has 1 unspecified atom stereocenters. The van der Waals surface area contributed by atoms with Crippen molar-refractivity contribution in [2.24, 2.45) is 11.3 Å². The van der Waals surface area contributed by atoms with Gasteiger partial charge in [0.2, 0.25) is 5.91 Å². The van der Waals surface area contributed by atoms with E-state index in [0.29, 0.717) is 17.9 Å². The highest BCUT2D eigenvalue weighted by atomic mass is 16.2. The van der Waals surface area contributed by atoms with E-state index in [0.717, 1.165) is 19.5 Å². The van der Waals surface area contributed by atoms with Gasteiger partial charge in [-0.15, -0.1) is 0 Å². The topological polar surface area (TPSA) is 32.3 Å². The van der Waals surface area contributed by atoms with E-state index in [9.17, 15) is 4.79 Å². The fourth-order valence-corrected chi connectivity index (χ4v) is 3.44. The molecular weight excluding hydrogens is 212 g/mol. The number of carbonyl (C=O) groups is 1. The fraction of sp³-hybridized carbons (Fsp3) is 0.929. The number of hydrogen-bond acceptors (Lipinski definition) is 2. The summed E-state index contributed by atoms with van der Waals surface area (Å²) in [5, 5.41) is 3.37. The van der Waals surface area contributed by atoms with Gasteiger partial charge >= 0.3 is 0 Å². The molecule has 0 radical (unpaired) electrons. The Balaban J connectivity index is 2.10. The molecule has 1 N–H and O–H groups in total. The molecule has 0 spiro atoms. The lowest BCUT2D eigenvalue weighted by molar-refractivity contribution is -0.144. The zero-order chi connectivity index (χ0) is 12.5. The second-order valence-electron chi connectivity index (χ2n) is 6.09. The molecule has 1 saturated heterocycles. The maximum Gasteiger partial charge on any atom is 0.230 e. The molecule has 2 aliphatic rings. The Bertz CT molecular complexity index is 276. The van der Waals surface area contributed by atoms with Gasteiger partial charge in [0.1, 0.15) is 0 Å². The maximum atomic E-state index is 12.8. The molecule has 0 aromatic rings. The van der Waals surface area contributed by atoms with E-state index in [1.165, 1.54) is 25.7 Å². The number of nitrogens with one attached hydrogen (secondary N) is 1. The minimum atomic E-state index is -0.142. The van der Waals surface area contributed by atoms with Crippen LogP contribution in [0.4, 0.5) is 0 Å². The first kappa shape index (κ1) is 12.9. The van der Waals surface area contributed by atoms with Crippen molar-refractivity contribution >= 4 is 5.91 Å². The van der Waals surface area contributed by atoms with Gasteiger partial charge in [-0.1, -0.05) is 26.7 Å². The quantitative estimate of drug-likeness (QED) is 0.816. The van der Waals surface area contributed by atoms with Crippen molar-refractivity contribution in [2.45, 2.75) is 52.0 Å². The van der Waals surface area contributed by atoms with Gasteiger partial charge in [-0.3, -0.25) is 4.79 Å². The number of amides is 1. The lowest BCUT2D eigenvalue weighted by Gasteiger charge is -2.37. The third-order valence-corrected chi connectivity index (χ3v) is 4.91. The second-order valence-corrected chi connectivity index (χ2v) is 6.09. The second kappa shape index (κ2) is 4.97. The van der Waals surface area contributed by atoms with Gasteiger partial charge in [0.15, 0.2) is 0 Å². The summed E-state index contributed by atoms with van der Waals surface area (Å²) in [6.45, 7) is 6.23. The van der Waals surface area contributed by atoms with Gasteiger partial charge in [0, 0.05) is 19.6 Å². The number of carbonyl (C=O) groups excluding carboxylic acids is 1. The van der Waals surface area contributed by atoms with Crippen LogP contribution in [-0.2, 0) is 4.79 Å². The van der Waals surface area contributed by atoms with Crippen LogP contribution < -0.4 is 5.32 Å². The predicted molar refractivity (Wildman–Crippen MR) is 69.8 cm³/mol. The molecule has 17 heavy (non-hydrogen) atoms. The number of rotatable bonds is 3. The third-order valence-electron chi connectivity index (χ3n) is 4.91. The van der Waals surface area contributed by atoms with Crippen LogP contribution in [0.2, 0.25) is 0 Å². The number of hydrogen-bond donors (Lipinski definition) is 1. The van der Waals surface area contributed by atoms with Crippen LogP contribution in [0.3, 0.4) is 0 Å². The monoisotopic (exact) mass is 238 g/mol. The van der Waals surface area contributed by atoms with Crippen molar-refractivity contribution in [2.75, 3.05) is 20.1 Å². The SMILES string of the molecule is CC(C)C1(C(=O)N(C)C2CCCC2)CCNC1. The maximum absolute atomic E-state index is 12.8. The Morgan fingerprint density at radius 2 is 2.00 bits per heavy atom. The highest BCUT2D eigenvalue weighted by Gasteiger charge is 2.46. The van der Waals surface area contributed by atoms with Crippen LogP contribution >= 0.6 is 0 Å². The molecule has 1 atom stereocenters. The summed E-state index contributed by atoms with van der Waals surface area (Å²) in [6, 6.07) is 0.499. The molecule has 0 aromatic heterocycles. The zero-order valence-electron chi connectivity index (χ0n) is 11.5. The molecule has 3 nitrogen and oxygen atoms in total. The summed E-state index contributed by atoms with van der Waals surface area (Å²) in [4.78, 5) is 14.8. The van der Waals surface area contributed by atoms with Crippen LogP contribution in [0.5, 0.6) is 0 Å². The molecule has 3 heteroatoms. The molecule has 1 amide bonds. The highest BCUT2D eigenvalue weighted by molar-refractivity contribution is 5.83. The molecular formula is C14H26N2O. The van der Waals surface area contributed by atoms with Crippen molar-refractivity contribution < 1.29 is 4.79 Å². The normalized spacial score (nSPS) is 30.1. The smallest absolute Gasteiger partial charge is 0.230 e. The van der Waals surface area contributed by atoms with Crippen molar-refractivity contribution in [3.8, 4) is 0 Å². The van der Waals surface area contributed by atoms with Crippen molar-refractivity contribution in [1.29, 1.82) is 0 Å². The molecule has 1 aliphatic carbocycles. The molecule has 1 saturated carbocycles. The van der Waals surface area contributed by atoms with Crippen molar-refractivity contribution in [1.82, 2.24) is 10.2 Å². The first-order valence-corrected chi connectivity index (χ1v) is 7.06. The van der Waals surface area contributed by atoms with Crippen molar-refractivity contribution in [3.05, 3.63) is 0 Å². The standard InChI is InChI=1S/C14H26N2O/c1-11(2)14(8-9-15-10-14)13(17)16(3)12-6-4-5-7-12/h11-12,15H,4-10H2,1-3H3. The summed E-state index contributed by atoms with van der Waals surface area (Å²) >= 11 is 0. The zero-order valence-corrected chi connectivity index (χ0v) is 11.5. The first-order valence-electron chi connectivity index (χ1n) is 7.06. The molecule has 2 fully saturated rings. The largest absolute Gasteiger partial charge is 0.342 e. The Kier molecular flexibility index (Phi) is 3.76. The summed E-state index contributed by atoms with van der Waals surface area (Å²) in [6.07, 6.45) is 5.97. The Labute approximate surface area is 105 Å². The molecule has 2 rings (SSSR count). The van der Waals surface area contributed by atoms with Gasteiger partial charge in [-0.2, -0.15) is 0 Å². The van der Waals surface area contributed by atoms with Crippen LogP contribution in [-0.4, -0.2) is 37.0 Å². The summed E-state index contributed by atoms with van der Waals surface area (Å²) < 4.78 is 0. The summed E-state index contributed by atoms with van der Waals surface area (Å²) in [5.41, 5.74) is -0.142. The molecule has 0 aromatic carbocycles. The Hall–Kier alpha value is -0.570. The van der Waals surface area contributed by atoms with E-state index in [1.807, 2.05) is 7.05 Å². The Morgan fingerprint density at radius 3 is 2.47 bits per heavy atom. The van der Waals surface area contributed by atoms with Gasteiger partial charge in [0.05, 0.1) is 5.41 Å². The lowest BCUT2D eigenvalue weighted by Crippen LogP contribution is -2.49. The minimum absolute atomic E-state index is 0.142. The Morgan fingerprint density at radius 1 is 1.35 bits per heavy atom. The highest BCUT2D eigenvalue weighted by Crippen LogP contribution is 2.37. The number of nitrogens with zero attached hydrogens (tertiary/aromatic N) is 1. The van der Waals surface area contributed by atoms with Crippen molar-refractivity contribution in [3.63, 3.8) is 0 Å². The molecule has 1 aliphatic heterocycles. The van der Waals surface area contributed by atoms with Crippen LogP contribution in [0.15, 0.2) is 0 Å². The third kappa shape index (κ3) is 2.22. The molecule has 0 bridgehead atoms. The average Bonchev–Trinajstić information content (AvgIpc) is 2.98. The average molecular weight is 238 g/mol. The lowest BCUT2D eigenvalue weighted by atomic mass is 9.75. The van der Waals surface area contributed by atoms with Crippen LogP contribution in [0.1, 0.15) is 46.0 Å². The van der Waals surface area contributed by atoms with E-state index in [-0.39, 0.29) is 5.41 Å².